The summed E-state index contributed by atoms with van der Waals surface area (Å²) in [6.07, 6.45) is 2.35. The van der Waals surface area contributed by atoms with Gasteiger partial charge in [-0.25, -0.2) is 0 Å². The van der Waals surface area contributed by atoms with Crippen LogP contribution in [0.3, 0.4) is 0 Å². The molecule has 0 saturated heterocycles. The molecule has 1 heterocycles. The SMILES string of the molecule is Nc1cc([N+](=O)[O-])ccc1NCCc1ccco1. The van der Waals surface area contributed by atoms with Crippen molar-refractivity contribution >= 4 is 17.1 Å². The van der Waals surface area contributed by atoms with Crippen LogP contribution < -0.4 is 11.1 Å². The minimum Gasteiger partial charge on any atom is -0.469 e. The van der Waals surface area contributed by atoms with Crippen LogP contribution in [-0.2, 0) is 6.42 Å². The highest BCUT2D eigenvalue weighted by Crippen LogP contribution is 2.23. The Kier molecular flexibility index (Phi) is 3.47. The zero-order valence-electron chi connectivity index (χ0n) is 9.63. The molecule has 6 heteroatoms. The molecular weight excluding hydrogens is 234 g/mol. The quantitative estimate of drug-likeness (QED) is 0.480. The van der Waals surface area contributed by atoms with Crippen molar-refractivity contribution in [3.8, 4) is 0 Å². The maximum Gasteiger partial charge on any atom is 0.271 e. The van der Waals surface area contributed by atoms with Gasteiger partial charge in [-0.1, -0.05) is 0 Å². The Bertz CT molecular complexity index is 538. The molecule has 0 radical (unpaired) electrons. The number of furan rings is 1. The average Bonchev–Trinajstić information content (AvgIpc) is 2.84. The lowest BCUT2D eigenvalue weighted by Crippen LogP contribution is -2.06. The van der Waals surface area contributed by atoms with E-state index < -0.39 is 4.92 Å². The number of nitrogens with one attached hydrogen (secondary N) is 1. The van der Waals surface area contributed by atoms with E-state index in [0.29, 0.717) is 17.9 Å². The first-order chi connectivity index (χ1) is 8.66. The van der Waals surface area contributed by atoms with E-state index in [9.17, 15) is 10.1 Å². The maximum absolute atomic E-state index is 10.6. The van der Waals surface area contributed by atoms with Gasteiger partial charge in [0.25, 0.3) is 5.69 Å². The number of hydrogen-bond acceptors (Lipinski definition) is 5. The van der Waals surface area contributed by atoms with Crippen LogP contribution in [0.1, 0.15) is 5.76 Å². The predicted octanol–water partition coefficient (Wildman–Crippen LogP) is 2.42. The molecule has 0 unspecified atom stereocenters. The van der Waals surface area contributed by atoms with Crippen molar-refractivity contribution in [2.45, 2.75) is 6.42 Å². The molecule has 1 aromatic carbocycles. The maximum atomic E-state index is 10.6. The lowest BCUT2D eigenvalue weighted by molar-refractivity contribution is -0.384. The smallest absolute Gasteiger partial charge is 0.271 e. The van der Waals surface area contributed by atoms with Crippen LogP contribution >= 0.6 is 0 Å². The van der Waals surface area contributed by atoms with Gasteiger partial charge in [0.15, 0.2) is 0 Å². The van der Waals surface area contributed by atoms with Crippen molar-refractivity contribution < 1.29 is 9.34 Å². The highest BCUT2D eigenvalue weighted by molar-refractivity contribution is 5.69. The van der Waals surface area contributed by atoms with E-state index in [4.69, 9.17) is 10.2 Å². The first-order valence-electron chi connectivity index (χ1n) is 5.47. The second-order valence-electron chi connectivity index (χ2n) is 3.78. The summed E-state index contributed by atoms with van der Waals surface area (Å²) in [7, 11) is 0. The summed E-state index contributed by atoms with van der Waals surface area (Å²) in [5.41, 5.74) is 6.77. The summed E-state index contributed by atoms with van der Waals surface area (Å²) in [6.45, 7) is 0.648. The Balaban J connectivity index is 1.95. The molecule has 0 saturated carbocycles. The van der Waals surface area contributed by atoms with E-state index in [1.54, 1.807) is 12.3 Å². The summed E-state index contributed by atoms with van der Waals surface area (Å²) in [6, 6.07) is 8.09. The molecule has 2 rings (SSSR count). The van der Waals surface area contributed by atoms with Crippen LogP contribution in [0.4, 0.5) is 17.1 Å². The van der Waals surface area contributed by atoms with Gasteiger partial charge < -0.3 is 15.5 Å². The Morgan fingerprint density at radius 1 is 1.39 bits per heavy atom. The van der Waals surface area contributed by atoms with Crippen LogP contribution in [0.25, 0.3) is 0 Å². The number of nitrogens with two attached hydrogens (primary N) is 1. The lowest BCUT2D eigenvalue weighted by Gasteiger charge is -2.08. The van der Waals surface area contributed by atoms with E-state index in [2.05, 4.69) is 5.32 Å². The van der Waals surface area contributed by atoms with E-state index >= 15 is 0 Å². The molecule has 0 aliphatic carbocycles. The average molecular weight is 247 g/mol. The number of benzene rings is 1. The molecule has 0 atom stereocenters. The fraction of sp³-hybridized carbons (Fsp3) is 0.167. The molecule has 1 aromatic heterocycles. The highest BCUT2D eigenvalue weighted by Gasteiger charge is 2.08. The van der Waals surface area contributed by atoms with Crippen molar-refractivity contribution in [3.63, 3.8) is 0 Å². The molecule has 18 heavy (non-hydrogen) atoms. The van der Waals surface area contributed by atoms with Gasteiger partial charge in [0.05, 0.1) is 22.6 Å². The molecule has 0 aliphatic heterocycles. The van der Waals surface area contributed by atoms with Crippen LogP contribution in [0.15, 0.2) is 41.0 Å². The number of non-ortho nitro benzene ring substituents is 1. The molecule has 2 aromatic rings. The molecule has 0 fully saturated rings. The zero-order chi connectivity index (χ0) is 13.0. The Labute approximate surface area is 104 Å². The van der Waals surface area contributed by atoms with E-state index in [1.807, 2.05) is 12.1 Å². The highest BCUT2D eigenvalue weighted by atomic mass is 16.6. The van der Waals surface area contributed by atoms with Gasteiger partial charge in [-0.2, -0.15) is 0 Å². The summed E-state index contributed by atoms with van der Waals surface area (Å²) < 4.78 is 5.19. The molecule has 0 spiro atoms. The van der Waals surface area contributed by atoms with Crippen molar-refractivity contribution in [2.24, 2.45) is 0 Å². The number of nitrogen functional groups attached to an aromatic ring is 1. The molecule has 6 nitrogen and oxygen atoms in total. The van der Waals surface area contributed by atoms with E-state index in [1.165, 1.54) is 12.1 Å². The summed E-state index contributed by atoms with van der Waals surface area (Å²) >= 11 is 0. The van der Waals surface area contributed by atoms with Gasteiger partial charge in [-0.05, 0) is 18.2 Å². The first-order valence-corrected chi connectivity index (χ1v) is 5.47. The monoisotopic (exact) mass is 247 g/mol. The first kappa shape index (κ1) is 12.0. The zero-order valence-corrected chi connectivity index (χ0v) is 9.63. The molecule has 3 N–H and O–H groups in total. The third kappa shape index (κ3) is 2.79. The lowest BCUT2D eigenvalue weighted by atomic mass is 10.2. The van der Waals surface area contributed by atoms with E-state index in [-0.39, 0.29) is 5.69 Å². The van der Waals surface area contributed by atoms with Crippen LogP contribution in [0.2, 0.25) is 0 Å². The van der Waals surface area contributed by atoms with Gasteiger partial charge in [0.1, 0.15) is 5.76 Å². The van der Waals surface area contributed by atoms with Gasteiger partial charge in [-0.15, -0.1) is 0 Å². The molecule has 0 bridgehead atoms. The number of nitro groups is 1. The van der Waals surface area contributed by atoms with Crippen molar-refractivity contribution in [2.75, 3.05) is 17.6 Å². The Hall–Kier alpha value is -2.50. The molecule has 0 amide bonds. The van der Waals surface area contributed by atoms with Crippen LogP contribution in [0.5, 0.6) is 0 Å². The second kappa shape index (κ2) is 5.22. The van der Waals surface area contributed by atoms with Gasteiger partial charge >= 0.3 is 0 Å². The third-order valence-corrected chi connectivity index (χ3v) is 2.51. The van der Waals surface area contributed by atoms with Crippen LogP contribution in [0, 0.1) is 10.1 Å². The van der Waals surface area contributed by atoms with Gasteiger partial charge in [0.2, 0.25) is 0 Å². The normalized spacial score (nSPS) is 10.2. The summed E-state index contributed by atoms with van der Waals surface area (Å²) in [5.74, 6) is 0.878. The van der Waals surface area contributed by atoms with E-state index in [0.717, 1.165) is 12.2 Å². The number of anilines is 2. The second-order valence-corrected chi connectivity index (χ2v) is 3.78. The standard InChI is InChI=1S/C12H13N3O3/c13-11-8-9(15(16)17)3-4-12(11)14-6-5-10-2-1-7-18-10/h1-4,7-8,14H,5-6,13H2. The fourth-order valence-corrected chi connectivity index (χ4v) is 1.60. The third-order valence-electron chi connectivity index (χ3n) is 2.51. The van der Waals surface area contributed by atoms with Crippen molar-refractivity contribution in [1.29, 1.82) is 0 Å². The largest absolute Gasteiger partial charge is 0.469 e. The minimum atomic E-state index is -0.469. The molecular formula is C12H13N3O3. The number of nitro benzene ring substituents is 1. The summed E-state index contributed by atoms with van der Waals surface area (Å²) in [4.78, 5) is 10.1. The Morgan fingerprint density at radius 2 is 2.22 bits per heavy atom. The van der Waals surface area contributed by atoms with Gasteiger partial charge in [0, 0.05) is 25.1 Å². The number of nitrogens with zero attached hydrogens (tertiary/aromatic N) is 1. The summed E-state index contributed by atoms with van der Waals surface area (Å²) in [5, 5.41) is 13.7. The minimum absolute atomic E-state index is 0.0101. The number of rotatable bonds is 5. The fourth-order valence-electron chi connectivity index (χ4n) is 1.60. The molecule has 0 aliphatic rings. The topological polar surface area (TPSA) is 94.3 Å². The predicted molar refractivity (Wildman–Crippen MR) is 68.4 cm³/mol. The van der Waals surface area contributed by atoms with Gasteiger partial charge in [-0.3, -0.25) is 10.1 Å². The Morgan fingerprint density at radius 3 is 2.83 bits per heavy atom. The molecule has 94 valence electrons. The number of hydrogen-bond donors (Lipinski definition) is 2. The van der Waals surface area contributed by atoms with Crippen LogP contribution in [-0.4, -0.2) is 11.5 Å². The van der Waals surface area contributed by atoms with Crippen molar-refractivity contribution in [3.05, 3.63) is 52.5 Å². The van der Waals surface area contributed by atoms with Crippen molar-refractivity contribution in [1.82, 2.24) is 0 Å².